The van der Waals surface area contributed by atoms with Crippen molar-refractivity contribution >= 4 is 5.97 Å². The second kappa shape index (κ2) is 3.04. The number of aromatic carboxylic acids is 1. The summed E-state index contributed by atoms with van der Waals surface area (Å²) in [6, 6.07) is 0. The molecular weight excluding hydrogens is 193 g/mol. The molecule has 1 N–H and O–H groups in total. The average molecular weight is 196 g/mol. The van der Waals surface area contributed by atoms with Crippen molar-refractivity contribution in [3.8, 4) is 0 Å². The third kappa shape index (κ3) is 2.73. The van der Waals surface area contributed by atoms with Crippen molar-refractivity contribution < 1.29 is 27.5 Å². The van der Waals surface area contributed by atoms with E-state index in [-0.39, 0.29) is 0 Å². The molecule has 0 spiro atoms. The molecule has 8 heteroatoms. The second-order valence-electron chi connectivity index (χ2n) is 2.10. The van der Waals surface area contributed by atoms with Crippen LogP contribution in [0.4, 0.5) is 13.2 Å². The van der Waals surface area contributed by atoms with Crippen LogP contribution in [0, 0.1) is 0 Å². The molecule has 0 aliphatic carbocycles. The van der Waals surface area contributed by atoms with Gasteiger partial charge in [-0.3, -0.25) is 0 Å². The summed E-state index contributed by atoms with van der Waals surface area (Å²) < 4.78 is 39.2. The van der Waals surface area contributed by atoms with Crippen LogP contribution in [0.25, 0.3) is 0 Å². The van der Waals surface area contributed by atoms with Gasteiger partial charge in [0.25, 0.3) is 0 Å². The van der Waals surface area contributed by atoms with E-state index < -0.39 is 30.3 Å². The van der Waals surface area contributed by atoms with Gasteiger partial charge in [0.15, 0.2) is 0 Å². The summed E-state index contributed by atoms with van der Waals surface area (Å²) in [5.74, 6) is -3.16. The maximum atomic E-state index is 11.7. The van der Waals surface area contributed by atoms with Crippen LogP contribution in [-0.4, -0.2) is 27.4 Å². The third-order valence-electron chi connectivity index (χ3n) is 1.00. The lowest BCUT2D eigenvalue weighted by Crippen LogP contribution is -2.11. The molecule has 0 bridgehead atoms. The van der Waals surface area contributed by atoms with Gasteiger partial charge < -0.3 is 9.52 Å². The van der Waals surface area contributed by atoms with Crippen molar-refractivity contribution in [1.82, 2.24) is 10.2 Å². The minimum atomic E-state index is -4.48. The predicted octanol–water partition coefficient (Wildman–Crippen LogP) is 0.873. The smallest absolute Gasteiger partial charge is 0.397 e. The van der Waals surface area contributed by atoms with E-state index in [0.717, 1.165) is 0 Å². The van der Waals surface area contributed by atoms with Gasteiger partial charge in [-0.1, -0.05) is 0 Å². The largest absolute Gasteiger partial charge is 0.474 e. The van der Waals surface area contributed by atoms with E-state index in [4.69, 9.17) is 5.11 Å². The predicted molar refractivity (Wildman–Crippen MR) is 31.0 cm³/mol. The summed E-state index contributed by atoms with van der Waals surface area (Å²) in [5.41, 5.74) is 0. The highest BCUT2D eigenvalue weighted by molar-refractivity contribution is 5.81. The van der Waals surface area contributed by atoms with Gasteiger partial charge >= 0.3 is 18.0 Å². The first-order valence-corrected chi connectivity index (χ1v) is 3.01. The lowest BCUT2D eigenvalue weighted by atomic mass is 10.4. The Labute approximate surface area is 69.2 Å². The zero-order chi connectivity index (χ0) is 10.1. The summed E-state index contributed by atoms with van der Waals surface area (Å²) in [4.78, 5) is 10.1. The molecule has 0 aromatic carbocycles. The zero-order valence-corrected chi connectivity index (χ0v) is 6.00. The van der Waals surface area contributed by atoms with Gasteiger partial charge in [0.2, 0.25) is 5.89 Å². The summed E-state index contributed by atoms with van der Waals surface area (Å²) in [6.07, 6.45) is -5.91. The first kappa shape index (κ1) is 9.49. The maximum Gasteiger partial charge on any atom is 0.397 e. The molecular formula is C5H3F3N2O3. The highest BCUT2D eigenvalue weighted by Gasteiger charge is 2.31. The number of rotatable bonds is 2. The van der Waals surface area contributed by atoms with Gasteiger partial charge in [0.05, 0.1) is 0 Å². The van der Waals surface area contributed by atoms with Crippen LogP contribution in [0.3, 0.4) is 0 Å². The molecule has 0 saturated heterocycles. The average Bonchev–Trinajstić information content (AvgIpc) is 2.31. The number of nitrogens with zero attached hydrogens (tertiary/aromatic N) is 2. The van der Waals surface area contributed by atoms with Crippen molar-refractivity contribution in [2.24, 2.45) is 0 Å². The Bertz CT molecular complexity index is 319. The molecule has 0 amide bonds. The number of carboxylic acid groups (broad SMARTS) is 1. The van der Waals surface area contributed by atoms with Crippen molar-refractivity contribution in [3.63, 3.8) is 0 Å². The van der Waals surface area contributed by atoms with Crippen LogP contribution < -0.4 is 0 Å². The van der Waals surface area contributed by atoms with Crippen LogP contribution in [0.15, 0.2) is 4.42 Å². The molecule has 72 valence electrons. The molecule has 0 aliphatic heterocycles. The molecule has 0 unspecified atom stereocenters. The Morgan fingerprint density at radius 3 is 2.46 bits per heavy atom. The normalized spacial score (nSPS) is 11.6. The van der Waals surface area contributed by atoms with Crippen molar-refractivity contribution in [3.05, 3.63) is 11.8 Å². The minimum absolute atomic E-state index is 0.759. The van der Waals surface area contributed by atoms with Crippen molar-refractivity contribution in [2.75, 3.05) is 0 Å². The summed E-state index contributed by atoms with van der Waals surface area (Å²) in [6.45, 7) is 0. The lowest BCUT2D eigenvalue weighted by molar-refractivity contribution is -0.130. The third-order valence-corrected chi connectivity index (χ3v) is 1.00. The molecule has 0 aliphatic rings. The Hall–Kier alpha value is -1.60. The summed E-state index contributed by atoms with van der Waals surface area (Å²) in [5, 5.41) is 14.0. The first-order valence-electron chi connectivity index (χ1n) is 3.01. The van der Waals surface area contributed by atoms with Gasteiger partial charge in [-0.2, -0.15) is 13.2 Å². The van der Waals surface area contributed by atoms with Gasteiger partial charge in [0, 0.05) is 0 Å². The molecule has 0 radical (unpaired) electrons. The fraction of sp³-hybridized carbons (Fsp3) is 0.400. The fourth-order valence-corrected chi connectivity index (χ4v) is 0.583. The number of carbonyl (C=O) groups is 1. The molecule has 5 nitrogen and oxygen atoms in total. The standard InChI is InChI=1S/C5H3F3N2O3/c6-5(7,8)1-2-9-10-3(13-2)4(11)12/h1H2,(H,11,12). The highest BCUT2D eigenvalue weighted by atomic mass is 19.4. The number of hydrogen-bond acceptors (Lipinski definition) is 4. The van der Waals surface area contributed by atoms with Gasteiger partial charge in [-0.05, 0) is 0 Å². The van der Waals surface area contributed by atoms with E-state index in [9.17, 15) is 18.0 Å². The second-order valence-corrected chi connectivity index (χ2v) is 2.10. The van der Waals surface area contributed by atoms with Crippen LogP contribution in [0.5, 0.6) is 0 Å². The van der Waals surface area contributed by atoms with Crippen molar-refractivity contribution in [1.29, 1.82) is 0 Å². The molecule has 0 atom stereocenters. The molecule has 1 aromatic heterocycles. The van der Waals surface area contributed by atoms with Gasteiger partial charge in [-0.25, -0.2) is 4.79 Å². The summed E-state index contributed by atoms with van der Waals surface area (Å²) >= 11 is 0. The van der Waals surface area contributed by atoms with E-state index in [0.29, 0.717) is 0 Å². The maximum absolute atomic E-state index is 11.7. The number of aromatic nitrogens is 2. The zero-order valence-electron chi connectivity index (χ0n) is 6.00. The Morgan fingerprint density at radius 2 is 2.08 bits per heavy atom. The van der Waals surface area contributed by atoms with E-state index in [1.807, 2.05) is 0 Å². The fourth-order valence-electron chi connectivity index (χ4n) is 0.583. The number of carboxylic acids is 1. The first-order chi connectivity index (χ1) is 5.88. The van der Waals surface area contributed by atoms with Crippen LogP contribution in [0.2, 0.25) is 0 Å². The number of halogens is 3. The monoisotopic (exact) mass is 196 g/mol. The van der Waals surface area contributed by atoms with E-state index in [2.05, 4.69) is 14.6 Å². The summed E-state index contributed by atoms with van der Waals surface area (Å²) in [7, 11) is 0. The van der Waals surface area contributed by atoms with Crippen LogP contribution in [0.1, 0.15) is 16.6 Å². The Kier molecular flexibility index (Phi) is 2.22. The van der Waals surface area contributed by atoms with Crippen molar-refractivity contribution in [2.45, 2.75) is 12.6 Å². The molecule has 13 heavy (non-hydrogen) atoms. The minimum Gasteiger partial charge on any atom is -0.474 e. The molecule has 0 fully saturated rings. The highest BCUT2D eigenvalue weighted by Crippen LogP contribution is 2.20. The van der Waals surface area contributed by atoms with Gasteiger partial charge in [0.1, 0.15) is 6.42 Å². The van der Waals surface area contributed by atoms with Crippen LogP contribution >= 0.6 is 0 Å². The Morgan fingerprint density at radius 1 is 1.46 bits per heavy atom. The molecule has 1 aromatic rings. The lowest BCUT2D eigenvalue weighted by Gasteiger charge is -1.99. The number of hydrogen-bond donors (Lipinski definition) is 1. The quantitative estimate of drug-likeness (QED) is 0.759. The van der Waals surface area contributed by atoms with E-state index in [1.165, 1.54) is 0 Å². The molecule has 0 saturated carbocycles. The Balaban J connectivity index is 2.75. The van der Waals surface area contributed by atoms with Gasteiger partial charge in [-0.15, -0.1) is 10.2 Å². The molecule has 1 heterocycles. The van der Waals surface area contributed by atoms with Crippen LogP contribution in [-0.2, 0) is 6.42 Å². The van der Waals surface area contributed by atoms with E-state index >= 15 is 0 Å². The topological polar surface area (TPSA) is 76.2 Å². The number of alkyl halides is 3. The van der Waals surface area contributed by atoms with E-state index in [1.54, 1.807) is 0 Å². The molecule has 1 rings (SSSR count). The SMILES string of the molecule is O=C(O)c1nnc(CC(F)(F)F)o1.